The van der Waals surface area contributed by atoms with E-state index in [9.17, 15) is 14.7 Å². The van der Waals surface area contributed by atoms with Crippen LogP contribution in [-0.2, 0) is 9.59 Å². The normalized spacial score (nSPS) is 18.1. The molecule has 31 heavy (non-hydrogen) atoms. The summed E-state index contributed by atoms with van der Waals surface area (Å²) in [5.74, 6) is -1.10. The molecule has 1 N–H and O–H groups in total. The maximum atomic E-state index is 13.1. The number of aryl methyl sites for hydroxylation is 1. The fraction of sp³-hybridized carbons (Fsp3) is 0.200. The summed E-state index contributed by atoms with van der Waals surface area (Å²) in [6.07, 6.45) is 4.40. The van der Waals surface area contributed by atoms with Crippen molar-refractivity contribution in [2.45, 2.75) is 32.7 Å². The fourth-order valence-electron chi connectivity index (χ4n) is 3.73. The number of aliphatic hydroxyl groups is 1. The summed E-state index contributed by atoms with van der Waals surface area (Å²) in [4.78, 5) is 35.7. The molecule has 1 amide bonds. The van der Waals surface area contributed by atoms with Gasteiger partial charge in [-0.25, -0.2) is 4.98 Å². The van der Waals surface area contributed by atoms with Crippen molar-refractivity contribution in [3.05, 3.63) is 94.9 Å². The van der Waals surface area contributed by atoms with Gasteiger partial charge in [0.2, 0.25) is 0 Å². The van der Waals surface area contributed by atoms with Crippen molar-refractivity contribution in [3.8, 4) is 0 Å². The van der Waals surface area contributed by atoms with E-state index in [0.717, 1.165) is 11.1 Å². The van der Waals surface area contributed by atoms with E-state index >= 15 is 0 Å². The summed E-state index contributed by atoms with van der Waals surface area (Å²) in [6.45, 7) is 6.13. The Morgan fingerprint density at radius 3 is 2.26 bits per heavy atom. The van der Waals surface area contributed by atoms with Gasteiger partial charge in [0.15, 0.2) is 5.82 Å². The summed E-state index contributed by atoms with van der Waals surface area (Å²) >= 11 is 0. The molecule has 0 bridgehead atoms. The number of benzene rings is 2. The molecule has 0 saturated carbocycles. The summed E-state index contributed by atoms with van der Waals surface area (Å²) in [5.41, 5.74) is 3.39. The van der Waals surface area contributed by atoms with Crippen LogP contribution < -0.4 is 4.90 Å². The number of carbonyl (C=O) groups excluding carboxylic acids is 2. The average Bonchev–Trinajstić information content (AvgIpc) is 3.05. The van der Waals surface area contributed by atoms with Gasteiger partial charge >= 0.3 is 5.91 Å². The number of hydrogen-bond acceptors (Lipinski definition) is 5. The Kier molecular flexibility index (Phi) is 5.38. The van der Waals surface area contributed by atoms with Gasteiger partial charge in [-0.05, 0) is 24.0 Å². The number of ketones is 1. The zero-order chi connectivity index (χ0) is 22.1. The highest BCUT2D eigenvalue weighted by atomic mass is 16.3. The Hall–Kier alpha value is -3.80. The lowest BCUT2D eigenvalue weighted by Gasteiger charge is -2.24. The number of carbonyl (C=O) groups is 2. The number of nitrogens with zero attached hydrogens (tertiary/aromatic N) is 3. The maximum absolute atomic E-state index is 13.1. The predicted octanol–water partition coefficient (Wildman–Crippen LogP) is 4.53. The van der Waals surface area contributed by atoms with Crippen molar-refractivity contribution in [2.75, 3.05) is 4.90 Å². The third-order valence-corrected chi connectivity index (χ3v) is 5.48. The summed E-state index contributed by atoms with van der Waals surface area (Å²) in [7, 11) is 0. The molecule has 0 aliphatic carbocycles. The minimum atomic E-state index is -0.806. The van der Waals surface area contributed by atoms with Crippen LogP contribution in [0.3, 0.4) is 0 Å². The first-order chi connectivity index (χ1) is 14.9. The molecule has 1 aromatic heterocycles. The van der Waals surface area contributed by atoms with Gasteiger partial charge in [-0.15, -0.1) is 0 Å². The van der Waals surface area contributed by atoms with Gasteiger partial charge in [0, 0.05) is 18.0 Å². The molecule has 1 aliphatic heterocycles. The monoisotopic (exact) mass is 413 g/mol. The molecular weight excluding hydrogens is 390 g/mol. The van der Waals surface area contributed by atoms with Crippen LogP contribution in [0.5, 0.6) is 0 Å². The van der Waals surface area contributed by atoms with E-state index in [1.54, 1.807) is 12.1 Å². The van der Waals surface area contributed by atoms with Crippen molar-refractivity contribution in [1.29, 1.82) is 0 Å². The Bertz CT molecular complexity index is 1150. The third-order valence-electron chi connectivity index (χ3n) is 5.48. The Labute approximate surface area is 180 Å². The quantitative estimate of drug-likeness (QED) is 0.386. The molecule has 1 saturated heterocycles. The molecule has 6 heteroatoms. The molecule has 2 aromatic carbocycles. The van der Waals surface area contributed by atoms with Gasteiger partial charge in [0.05, 0.1) is 17.8 Å². The second-order valence-electron chi connectivity index (χ2n) is 7.92. The average molecular weight is 413 g/mol. The van der Waals surface area contributed by atoms with Gasteiger partial charge in [-0.3, -0.25) is 19.5 Å². The largest absolute Gasteiger partial charge is 0.507 e. The van der Waals surface area contributed by atoms with Crippen LogP contribution in [0.2, 0.25) is 0 Å². The lowest BCUT2D eigenvalue weighted by atomic mass is 9.93. The van der Waals surface area contributed by atoms with E-state index in [1.165, 1.54) is 23.5 Å². The maximum Gasteiger partial charge on any atom is 0.301 e. The number of Topliss-reactive ketones (excluding diaryl/α,β-unsaturated/α-hetero) is 1. The second-order valence-corrected chi connectivity index (χ2v) is 7.92. The SMILES string of the molecule is Cc1ccc(C(O)=C2C(=O)C(=O)N(c3cnccn3)C2c2ccc(C(C)C)cc2)cc1. The number of anilines is 1. The minimum absolute atomic E-state index is 0.0387. The van der Waals surface area contributed by atoms with E-state index in [-0.39, 0.29) is 17.2 Å². The van der Waals surface area contributed by atoms with Crippen LogP contribution in [0.15, 0.2) is 72.7 Å². The summed E-state index contributed by atoms with van der Waals surface area (Å²) in [6, 6.07) is 14.1. The van der Waals surface area contributed by atoms with E-state index in [4.69, 9.17) is 0 Å². The molecule has 1 fully saturated rings. The molecule has 1 unspecified atom stereocenters. The topological polar surface area (TPSA) is 83.4 Å². The molecule has 0 spiro atoms. The number of aromatic nitrogens is 2. The predicted molar refractivity (Wildman–Crippen MR) is 119 cm³/mol. The van der Waals surface area contributed by atoms with Gasteiger partial charge in [-0.1, -0.05) is 67.9 Å². The van der Waals surface area contributed by atoms with Crippen molar-refractivity contribution in [2.24, 2.45) is 0 Å². The molecular formula is C25H23N3O3. The van der Waals surface area contributed by atoms with Crippen LogP contribution in [0.1, 0.15) is 48.1 Å². The highest BCUT2D eigenvalue weighted by Gasteiger charge is 2.47. The van der Waals surface area contributed by atoms with Gasteiger partial charge in [0.25, 0.3) is 5.78 Å². The molecule has 4 rings (SSSR count). The minimum Gasteiger partial charge on any atom is -0.507 e. The lowest BCUT2D eigenvalue weighted by molar-refractivity contribution is -0.132. The molecule has 0 radical (unpaired) electrons. The van der Waals surface area contributed by atoms with Crippen molar-refractivity contribution in [1.82, 2.24) is 9.97 Å². The van der Waals surface area contributed by atoms with E-state index in [1.807, 2.05) is 43.3 Å². The molecule has 1 atom stereocenters. The molecule has 6 nitrogen and oxygen atoms in total. The van der Waals surface area contributed by atoms with E-state index in [2.05, 4.69) is 23.8 Å². The fourth-order valence-corrected chi connectivity index (χ4v) is 3.73. The van der Waals surface area contributed by atoms with Crippen molar-refractivity contribution in [3.63, 3.8) is 0 Å². The Morgan fingerprint density at radius 1 is 1.00 bits per heavy atom. The zero-order valence-corrected chi connectivity index (χ0v) is 17.6. The Balaban J connectivity index is 1.91. The van der Waals surface area contributed by atoms with Crippen molar-refractivity contribution < 1.29 is 14.7 Å². The van der Waals surface area contributed by atoms with Gasteiger partial charge in [-0.2, -0.15) is 0 Å². The molecule has 1 aliphatic rings. The second kappa shape index (κ2) is 8.14. The van der Waals surface area contributed by atoms with Crippen LogP contribution in [0.4, 0.5) is 5.82 Å². The molecule has 156 valence electrons. The van der Waals surface area contributed by atoms with E-state index < -0.39 is 17.7 Å². The van der Waals surface area contributed by atoms with Crippen molar-refractivity contribution >= 4 is 23.3 Å². The highest BCUT2D eigenvalue weighted by Crippen LogP contribution is 2.41. The smallest absolute Gasteiger partial charge is 0.301 e. The number of amides is 1. The van der Waals surface area contributed by atoms with Gasteiger partial charge < -0.3 is 5.11 Å². The van der Waals surface area contributed by atoms with Gasteiger partial charge in [0.1, 0.15) is 5.76 Å². The van der Waals surface area contributed by atoms with Crippen LogP contribution in [0.25, 0.3) is 5.76 Å². The number of hydrogen-bond donors (Lipinski definition) is 1. The zero-order valence-electron chi connectivity index (χ0n) is 17.6. The van der Waals surface area contributed by atoms with E-state index in [0.29, 0.717) is 17.0 Å². The van der Waals surface area contributed by atoms with Crippen LogP contribution >= 0.6 is 0 Å². The Morgan fingerprint density at radius 2 is 1.68 bits per heavy atom. The summed E-state index contributed by atoms with van der Waals surface area (Å²) in [5, 5.41) is 11.1. The summed E-state index contributed by atoms with van der Waals surface area (Å²) < 4.78 is 0. The lowest BCUT2D eigenvalue weighted by Crippen LogP contribution is -2.30. The molecule has 3 aromatic rings. The molecule has 2 heterocycles. The first-order valence-electron chi connectivity index (χ1n) is 10.1. The van der Waals surface area contributed by atoms with Crippen LogP contribution in [-0.4, -0.2) is 26.8 Å². The van der Waals surface area contributed by atoms with Crippen LogP contribution in [0, 0.1) is 6.92 Å². The first kappa shape index (κ1) is 20.5. The standard InChI is InChI=1S/C25H23N3O3/c1-15(2)17-8-10-18(11-9-17)22-21(23(29)19-6-4-16(3)5-7-19)24(30)25(31)28(22)20-14-26-12-13-27-20/h4-15,22,29H,1-3H3. The first-order valence-corrected chi connectivity index (χ1v) is 10.1. The highest BCUT2D eigenvalue weighted by molar-refractivity contribution is 6.51. The number of aliphatic hydroxyl groups excluding tert-OH is 1. The third kappa shape index (κ3) is 3.72. The number of rotatable bonds is 4.